The monoisotopic (exact) mass is 201 g/mol. The van der Waals surface area contributed by atoms with Crippen molar-refractivity contribution in [2.45, 2.75) is 26.7 Å². The molecule has 0 unspecified atom stereocenters. The van der Waals surface area contributed by atoms with Crippen molar-refractivity contribution in [1.29, 1.82) is 0 Å². The van der Waals surface area contributed by atoms with Gasteiger partial charge in [0.05, 0.1) is 13.0 Å². The number of aliphatic carboxylic acids is 1. The molecule has 0 atom stereocenters. The van der Waals surface area contributed by atoms with Gasteiger partial charge in [0.2, 0.25) is 5.91 Å². The normalized spacial score (nSPS) is 9.93. The van der Waals surface area contributed by atoms with Gasteiger partial charge in [0.25, 0.3) is 0 Å². The lowest BCUT2D eigenvalue weighted by molar-refractivity contribution is -0.138. The zero-order valence-corrected chi connectivity index (χ0v) is 8.37. The van der Waals surface area contributed by atoms with Crippen LogP contribution in [-0.2, 0) is 14.4 Å². The van der Waals surface area contributed by atoms with E-state index in [0.717, 1.165) is 0 Å². The highest BCUT2D eigenvalue weighted by atomic mass is 16.4. The summed E-state index contributed by atoms with van der Waals surface area (Å²) in [6.07, 6.45) is -0.289. The maximum atomic E-state index is 11.1. The van der Waals surface area contributed by atoms with Crippen molar-refractivity contribution in [3.63, 3.8) is 0 Å². The molecule has 0 saturated carbocycles. The minimum Gasteiger partial charge on any atom is -0.481 e. The highest BCUT2D eigenvalue weighted by Gasteiger charge is 2.09. The van der Waals surface area contributed by atoms with E-state index in [1.54, 1.807) is 13.8 Å². The summed E-state index contributed by atoms with van der Waals surface area (Å²) >= 11 is 0. The molecule has 0 fully saturated rings. The number of hydrogen-bond donors (Lipinski definition) is 2. The second kappa shape index (κ2) is 6.12. The summed E-state index contributed by atoms with van der Waals surface area (Å²) in [5.74, 6) is -1.60. The third-order valence-corrected chi connectivity index (χ3v) is 1.67. The molecule has 80 valence electrons. The van der Waals surface area contributed by atoms with Gasteiger partial charge in [-0.15, -0.1) is 0 Å². The number of hydrogen-bond acceptors (Lipinski definition) is 3. The Labute approximate surface area is 82.5 Å². The van der Waals surface area contributed by atoms with Crippen LogP contribution in [0.3, 0.4) is 0 Å². The molecule has 0 radical (unpaired) electrons. The van der Waals surface area contributed by atoms with Gasteiger partial charge in [-0.05, 0) is 0 Å². The zero-order chi connectivity index (χ0) is 11.1. The number of amides is 1. The van der Waals surface area contributed by atoms with Crippen molar-refractivity contribution in [1.82, 2.24) is 5.32 Å². The van der Waals surface area contributed by atoms with E-state index in [0.29, 0.717) is 0 Å². The molecular weight excluding hydrogens is 186 g/mol. The minimum absolute atomic E-state index is 0.0177. The standard InChI is InChI=1S/C9H15NO4/c1-6(2)7(11)5-10-8(12)3-4-9(13)14/h6H,3-5H2,1-2H3,(H,10,12)(H,13,14). The molecule has 2 N–H and O–H groups in total. The molecule has 0 aromatic heterocycles. The summed E-state index contributed by atoms with van der Waals surface area (Å²) in [6, 6.07) is 0. The Morgan fingerprint density at radius 3 is 2.21 bits per heavy atom. The molecule has 5 heteroatoms. The van der Waals surface area contributed by atoms with E-state index < -0.39 is 11.9 Å². The Morgan fingerprint density at radius 2 is 1.79 bits per heavy atom. The second-order valence-electron chi connectivity index (χ2n) is 3.29. The first-order valence-electron chi connectivity index (χ1n) is 4.44. The van der Waals surface area contributed by atoms with Crippen LogP contribution in [0.4, 0.5) is 0 Å². The van der Waals surface area contributed by atoms with Crippen LogP contribution in [0.25, 0.3) is 0 Å². The van der Waals surface area contributed by atoms with Crippen molar-refractivity contribution in [2.24, 2.45) is 5.92 Å². The fraction of sp³-hybridized carbons (Fsp3) is 0.667. The Balaban J connectivity index is 3.64. The zero-order valence-electron chi connectivity index (χ0n) is 8.37. The lowest BCUT2D eigenvalue weighted by Crippen LogP contribution is -2.31. The number of carboxylic acids is 1. The molecule has 0 heterocycles. The number of ketones is 1. The summed E-state index contributed by atoms with van der Waals surface area (Å²) < 4.78 is 0. The van der Waals surface area contributed by atoms with Gasteiger partial charge in [0.15, 0.2) is 5.78 Å². The maximum absolute atomic E-state index is 11.1. The first kappa shape index (κ1) is 12.6. The minimum atomic E-state index is -1.02. The Morgan fingerprint density at radius 1 is 1.21 bits per heavy atom. The predicted octanol–water partition coefficient (Wildman–Crippen LogP) is 0.192. The molecular formula is C9H15NO4. The van der Waals surface area contributed by atoms with Crippen LogP contribution in [0.2, 0.25) is 0 Å². The van der Waals surface area contributed by atoms with Crippen molar-refractivity contribution in [3.8, 4) is 0 Å². The quantitative estimate of drug-likeness (QED) is 0.642. The molecule has 0 aliphatic rings. The maximum Gasteiger partial charge on any atom is 0.303 e. The first-order valence-corrected chi connectivity index (χ1v) is 4.44. The van der Waals surface area contributed by atoms with Gasteiger partial charge in [-0.3, -0.25) is 14.4 Å². The van der Waals surface area contributed by atoms with E-state index in [9.17, 15) is 14.4 Å². The number of carboxylic acid groups (broad SMARTS) is 1. The molecule has 0 aliphatic heterocycles. The summed E-state index contributed by atoms with van der Waals surface area (Å²) in [7, 11) is 0. The van der Waals surface area contributed by atoms with E-state index in [2.05, 4.69) is 5.32 Å². The van der Waals surface area contributed by atoms with Gasteiger partial charge in [-0.25, -0.2) is 0 Å². The lowest BCUT2D eigenvalue weighted by Gasteiger charge is -2.05. The van der Waals surface area contributed by atoms with Crippen LogP contribution in [0, 0.1) is 5.92 Å². The lowest BCUT2D eigenvalue weighted by atomic mass is 10.1. The largest absolute Gasteiger partial charge is 0.481 e. The average Bonchev–Trinajstić information content (AvgIpc) is 2.10. The number of rotatable bonds is 6. The molecule has 0 aromatic rings. The van der Waals surface area contributed by atoms with Crippen LogP contribution >= 0.6 is 0 Å². The number of nitrogens with one attached hydrogen (secondary N) is 1. The SMILES string of the molecule is CC(C)C(=O)CNC(=O)CCC(=O)O. The summed E-state index contributed by atoms with van der Waals surface area (Å²) in [6.45, 7) is 3.47. The van der Waals surface area contributed by atoms with Gasteiger partial charge in [0, 0.05) is 12.3 Å². The van der Waals surface area contributed by atoms with Crippen molar-refractivity contribution in [3.05, 3.63) is 0 Å². The van der Waals surface area contributed by atoms with E-state index in [4.69, 9.17) is 5.11 Å². The molecule has 0 rings (SSSR count). The van der Waals surface area contributed by atoms with Gasteiger partial charge >= 0.3 is 5.97 Å². The van der Waals surface area contributed by atoms with Gasteiger partial charge in [-0.2, -0.15) is 0 Å². The molecule has 1 amide bonds. The summed E-state index contributed by atoms with van der Waals surface area (Å²) in [5, 5.41) is 10.6. The van der Waals surface area contributed by atoms with E-state index in [1.165, 1.54) is 0 Å². The molecule has 0 spiro atoms. The van der Waals surface area contributed by atoms with Crippen molar-refractivity contribution < 1.29 is 19.5 Å². The molecule has 0 saturated heterocycles. The molecule has 14 heavy (non-hydrogen) atoms. The highest BCUT2D eigenvalue weighted by molar-refractivity contribution is 5.88. The highest BCUT2D eigenvalue weighted by Crippen LogP contribution is 1.93. The summed E-state index contributed by atoms with van der Waals surface area (Å²) in [5.41, 5.74) is 0. The molecule has 0 aliphatic carbocycles. The molecule has 0 aromatic carbocycles. The third kappa shape index (κ3) is 6.16. The number of carbonyl (C=O) groups is 3. The van der Waals surface area contributed by atoms with Crippen molar-refractivity contribution >= 4 is 17.7 Å². The van der Waals surface area contributed by atoms with Crippen LogP contribution < -0.4 is 5.32 Å². The first-order chi connectivity index (χ1) is 6.43. The van der Waals surface area contributed by atoms with E-state index >= 15 is 0 Å². The summed E-state index contributed by atoms with van der Waals surface area (Å²) in [4.78, 5) is 32.1. The Hall–Kier alpha value is -1.39. The average molecular weight is 201 g/mol. The van der Waals surface area contributed by atoms with Crippen molar-refractivity contribution in [2.75, 3.05) is 6.54 Å². The van der Waals surface area contributed by atoms with Crippen LogP contribution in [0.5, 0.6) is 0 Å². The molecule has 5 nitrogen and oxygen atoms in total. The Bertz CT molecular complexity index is 235. The molecule has 0 bridgehead atoms. The van der Waals surface area contributed by atoms with Crippen LogP contribution in [0.15, 0.2) is 0 Å². The van der Waals surface area contributed by atoms with Crippen LogP contribution in [-0.4, -0.2) is 29.3 Å². The fourth-order valence-corrected chi connectivity index (χ4v) is 0.699. The predicted molar refractivity (Wildman–Crippen MR) is 49.7 cm³/mol. The van der Waals surface area contributed by atoms with Gasteiger partial charge < -0.3 is 10.4 Å². The smallest absolute Gasteiger partial charge is 0.303 e. The number of carbonyl (C=O) groups excluding carboxylic acids is 2. The van der Waals surface area contributed by atoms with Gasteiger partial charge in [0.1, 0.15) is 0 Å². The topological polar surface area (TPSA) is 83.5 Å². The second-order valence-corrected chi connectivity index (χ2v) is 3.29. The Kier molecular flexibility index (Phi) is 5.52. The van der Waals surface area contributed by atoms with E-state index in [-0.39, 0.29) is 31.1 Å². The van der Waals surface area contributed by atoms with E-state index in [1.807, 2.05) is 0 Å². The number of Topliss-reactive ketones (excluding diaryl/α,β-unsaturated/α-hetero) is 1. The van der Waals surface area contributed by atoms with Crippen LogP contribution in [0.1, 0.15) is 26.7 Å². The van der Waals surface area contributed by atoms with Gasteiger partial charge in [-0.1, -0.05) is 13.8 Å². The third-order valence-electron chi connectivity index (χ3n) is 1.67. The fourth-order valence-electron chi connectivity index (χ4n) is 0.699.